The van der Waals surface area contributed by atoms with Crippen LogP contribution in [0.2, 0.25) is 0 Å². The molecule has 8 nitrogen and oxygen atoms in total. The van der Waals surface area contributed by atoms with Crippen molar-refractivity contribution >= 4 is 16.5 Å². The summed E-state index contributed by atoms with van der Waals surface area (Å²) in [5.41, 5.74) is -3.65. The van der Waals surface area contributed by atoms with Crippen molar-refractivity contribution in [3.63, 3.8) is 0 Å². The number of rotatable bonds is 7. The number of hydrogen-bond acceptors (Lipinski definition) is 6. The van der Waals surface area contributed by atoms with Crippen molar-refractivity contribution in [3.8, 4) is 11.3 Å². The van der Waals surface area contributed by atoms with Crippen LogP contribution >= 0.6 is 0 Å². The van der Waals surface area contributed by atoms with Crippen molar-refractivity contribution in [2.75, 3.05) is 5.32 Å². The molecular formula is C23H19F5N6O2. The highest BCUT2D eigenvalue weighted by Gasteiger charge is 2.37. The van der Waals surface area contributed by atoms with E-state index in [1.165, 1.54) is 43.8 Å². The van der Waals surface area contributed by atoms with Crippen LogP contribution in [0, 0.1) is 5.82 Å². The molecule has 4 aromatic rings. The number of nitrogens with one attached hydrogen (secondary N) is 2. The molecule has 0 fully saturated rings. The fourth-order valence-corrected chi connectivity index (χ4v) is 3.87. The van der Waals surface area contributed by atoms with E-state index in [0.717, 1.165) is 16.8 Å². The van der Waals surface area contributed by atoms with Gasteiger partial charge in [-0.1, -0.05) is 0 Å². The lowest BCUT2D eigenvalue weighted by atomic mass is 10.1. The van der Waals surface area contributed by atoms with Gasteiger partial charge in [0.25, 0.3) is 11.1 Å². The van der Waals surface area contributed by atoms with Crippen LogP contribution in [0.25, 0.3) is 22.0 Å². The number of aromatic nitrogens is 5. The van der Waals surface area contributed by atoms with Gasteiger partial charge in [0, 0.05) is 36.6 Å². The van der Waals surface area contributed by atoms with Gasteiger partial charge < -0.3 is 9.88 Å². The molecule has 0 amide bonds. The highest BCUT2D eigenvalue weighted by atomic mass is 19.4. The molecule has 0 aliphatic carbocycles. The SMILES string of the molecule is C[C@@H](C[C@@H](F)Cn1ccc2cc(-c3cnccn3)c(F)cc2c1=O)Nc1cn[nH]c(=O)c1C(F)(F)F. The van der Waals surface area contributed by atoms with E-state index in [1.54, 1.807) is 5.10 Å². The molecule has 0 aliphatic rings. The van der Waals surface area contributed by atoms with Gasteiger partial charge in [0.2, 0.25) is 0 Å². The van der Waals surface area contributed by atoms with Crippen LogP contribution in [0.4, 0.5) is 27.6 Å². The van der Waals surface area contributed by atoms with Crippen molar-refractivity contribution in [1.82, 2.24) is 24.7 Å². The largest absolute Gasteiger partial charge is 0.423 e. The smallest absolute Gasteiger partial charge is 0.381 e. The molecular weight excluding hydrogens is 487 g/mol. The second-order valence-electron chi connectivity index (χ2n) is 8.15. The van der Waals surface area contributed by atoms with E-state index in [9.17, 15) is 31.5 Å². The second-order valence-corrected chi connectivity index (χ2v) is 8.15. The fraction of sp³-hybridized carbons (Fsp3) is 0.261. The number of hydrogen-bond donors (Lipinski definition) is 2. The molecule has 3 aromatic heterocycles. The van der Waals surface area contributed by atoms with Crippen molar-refractivity contribution in [3.05, 3.63) is 81.3 Å². The van der Waals surface area contributed by atoms with Gasteiger partial charge in [-0.2, -0.15) is 18.3 Å². The first kappa shape index (κ1) is 24.9. The van der Waals surface area contributed by atoms with Crippen LogP contribution in [0.15, 0.2) is 58.8 Å². The van der Waals surface area contributed by atoms with Crippen molar-refractivity contribution in [2.24, 2.45) is 0 Å². The second kappa shape index (κ2) is 9.84. The molecule has 0 saturated heterocycles. The summed E-state index contributed by atoms with van der Waals surface area (Å²) in [7, 11) is 0. The maximum atomic E-state index is 14.8. The predicted octanol–water partition coefficient (Wildman–Crippen LogP) is 3.93. The highest BCUT2D eigenvalue weighted by Crippen LogP contribution is 2.32. The maximum absolute atomic E-state index is 14.8. The summed E-state index contributed by atoms with van der Waals surface area (Å²) >= 11 is 0. The average Bonchev–Trinajstić information content (AvgIpc) is 2.80. The number of nitrogens with zero attached hydrogens (tertiary/aromatic N) is 4. The number of fused-ring (bicyclic) bond motifs is 1. The summed E-state index contributed by atoms with van der Waals surface area (Å²) in [6.07, 6.45) is -0.477. The molecule has 3 heterocycles. The molecule has 0 bridgehead atoms. The molecule has 0 unspecified atom stereocenters. The van der Waals surface area contributed by atoms with Gasteiger partial charge in [0.05, 0.1) is 35.7 Å². The molecule has 188 valence electrons. The van der Waals surface area contributed by atoms with Gasteiger partial charge in [-0.15, -0.1) is 0 Å². The molecule has 4 rings (SSSR count). The topological polar surface area (TPSA) is 106 Å². The third kappa shape index (κ3) is 5.24. The van der Waals surface area contributed by atoms with Gasteiger partial charge >= 0.3 is 6.18 Å². The Kier molecular flexibility index (Phi) is 6.82. The molecule has 36 heavy (non-hydrogen) atoms. The normalized spacial score (nSPS) is 13.5. The summed E-state index contributed by atoms with van der Waals surface area (Å²) in [5.74, 6) is -0.695. The van der Waals surface area contributed by atoms with E-state index in [-0.39, 0.29) is 23.1 Å². The van der Waals surface area contributed by atoms with Crippen LogP contribution < -0.4 is 16.4 Å². The Labute approximate surface area is 199 Å². The minimum absolute atomic E-state index is 0.0328. The highest BCUT2D eigenvalue weighted by molar-refractivity contribution is 5.86. The molecule has 2 atom stereocenters. The first-order valence-electron chi connectivity index (χ1n) is 10.7. The third-order valence-corrected chi connectivity index (χ3v) is 5.45. The van der Waals surface area contributed by atoms with Gasteiger partial charge in [-0.05, 0) is 30.5 Å². The number of H-pyrrole nitrogens is 1. The number of aromatic amines is 1. The zero-order valence-corrected chi connectivity index (χ0v) is 18.7. The Morgan fingerprint density at radius 1 is 1.17 bits per heavy atom. The lowest BCUT2D eigenvalue weighted by Crippen LogP contribution is -2.30. The van der Waals surface area contributed by atoms with Gasteiger partial charge in [0.15, 0.2) is 0 Å². The molecule has 0 spiro atoms. The molecule has 2 N–H and O–H groups in total. The summed E-state index contributed by atoms with van der Waals surface area (Å²) in [6, 6.07) is 3.19. The lowest BCUT2D eigenvalue weighted by molar-refractivity contribution is -0.138. The predicted molar refractivity (Wildman–Crippen MR) is 122 cm³/mol. The number of pyridine rings is 1. The molecule has 0 radical (unpaired) electrons. The van der Waals surface area contributed by atoms with Crippen molar-refractivity contribution < 1.29 is 22.0 Å². The monoisotopic (exact) mass is 506 g/mol. The van der Waals surface area contributed by atoms with E-state index < -0.39 is 53.1 Å². The van der Waals surface area contributed by atoms with Gasteiger partial charge in [-0.25, -0.2) is 13.9 Å². The van der Waals surface area contributed by atoms with Crippen molar-refractivity contribution in [1.29, 1.82) is 0 Å². The Hall–Kier alpha value is -4.16. The van der Waals surface area contributed by atoms with Crippen molar-refractivity contribution in [2.45, 2.75) is 38.3 Å². The number of halogens is 5. The van der Waals surface area contributed by atoms with E-state index >= 15 is 0 Å². The van der Waals surface area contributed by atoms with E-state index in [1.807, 2.05) is 0 Å². The third-order valence-electron chi connectivity index (χ3n) is 5.45. The van der Waals surface area contributed by atoms with Gasteiger partial charge in [-0.3, -0.25) is 19.6 Å². The number of benzene rings is 1. The minimum Gasteiger partial charge on any atom is -0.381 e. The van der Waals surface area contributed by atoms with Crippen LogP contribution in [0.5, 0.6) is 0 Å². The first-order chi connectivity index (χ1) is 17.0. The first-order valence-corrected chi connectivity index (χ1v) is 10.7. The standard InChI is InChI=1S/C23H19F5N6O2/c1-12(32-19-10-31-33-21(35)20(19)23(26,27)28)6-14(24)11-34-5-2-13-7-16(18-9-29-3-4-30-18)17(25)8-15(13)22(34)36/h2-5,7-10,12,14H,6,11H2,1H3,(H2,32,33,35)/t12-,14+/m0/s1. The zero-order chi connectivity index (χ0) is 26.0. The summed E-state index contributed by atoms with van der Waals surface area (Å²) in [6.45, 7) is 1.02. The Morgan fingerprint density at radius 2 is 1.94 bits per heavy atom. The number of anilines is 1. The Bertz CT molecular complexity index is 1500. The Morgan fingerprint density at radius 3 is 2.64 bits per heavy atom. The maximum Gasteiger partial charge on any atom is 0.423 e. The summed E-state index contributed by atoms with van der Waals surface area (Å²) < 4.78 is 70.2. The summed E-state index contributed by atoms with van der Waals surface area (Å²) in [4.78, 5) is 32.4. The van der Waals surface area contributed by atoms with Crippen LogP contribution in [-0.4, -0.2) is 36.9 Å². The quantitative estimate of drug-likeness (QED) is 0.368. The molecule has 13 heteroatoms. The minimum atomic E-state index is -4.94. The lowest BCUT2D eigenvalue weighted by Gasteiger charge is -2.20. The van der Waals surface area contributed by atoms with E-state index in [4.69, 9.17) is 0 Å². The molecule has 0 saturated carbocycles. The Balaban J connectivity index is 1.51. The van der Waals surface area contributed by atoms with E-state index in [0.29, 0.717) is 5.39 Å². The zero-order valence-electron chi connectivity index (χ0n) is 18.7. The molecule has 1 aromatic carbocycles. The molecule has 0 aliphatic heterocycles. The van der Waals surface area contributed by atoms with Crippen LogP contribution in [0.3, 0.4) is 0 Å². The summed E-state index contributed by atoms with van der Waals surface area (Å²) in [5, 5.41) is 7.99. The van der Waals surface area contributed by atoms with Crippen LogP contribution in [-0.2, 0) is 12.7 Å². The van der Waals surface area contributed by atoms with E-state index in [2.05, 4.69) is 20.4 Å². The van der Waals surface area contributed by atoms with Crippen LogP contribution in [0.1, 0.15) is 18.9 Å². The average molecular weight is 506 g/mol. The van der Waals surface area contributed by atoms with Gasteiger partial charge in [0.1, 0.15) is 17.6 Å². The number of alkyl halides is 4. The fourth-order valence-electron chi connectivity index (χ4n) is 3.87.